The fourth-order valence-electron chi connectivity index (χ4n) is 1.16. The summed E-state index contributed by atoms with van der Waals surface area (Å²) < 4.78 is 0. The van der Waals surface area contributed by atoms with Gasteiger partial charge in [0.1, 0.15) is 6.07 Å². The fraction of sp³-hybridized carbons (Fsp3) is 0.333. The Balaban J connectivity index is 3.38. The van der Waals surface area contributed by atoms with Gasteiger partial charge in [-0.3, -0.25) is 4.98 Å². The molecule has 0 amide bonds. The average Bonchev–Trinajstić information content (AvgIpc) is 2.17. The van der Waals surface area contributed by atoms with Gasteiger partial charge in [-0.2, -0.15) is 5.26 Å². The van der Waals surface area contributed by atoms with Gasteiger partial charge in [-0.25, -0.2) is 0 Å². The Morgan fingerprint density at radius 2 is 2.15 bits per heavy atom. The Hall–Kier alpha value is -1.44. The molecule has 1 rings (SSSR count). The van der Waals surface area contributed by atoms with Gasteiger partial charge >= 0.3 is 0 Å². The first-order valence-corrected chi connectivity index (χ1v) is 3.83. The summed E-state index contributed by atoms with van der Waals surface area (Å²) in [7, 11) is 0. The van der Waals surface area contributed by atoms with Gasteiger partial charge in [0.2, 0.25) is 0 Å². The van der Waals surface area contributed by atoms with E-state index in [1.165, 1.54) is 6.20 Å². The molecule has 0 aliphatic carbocycles. The molecular weight excluding hydrogens is 168 g/mol. The van der Waals surface area contributed by atoms with Crippen LogP contribution in [0.3, 0.4) is 0 Å². The lowest BCUT2D eigenvalue weighted by molar-refractivity contribution is 0.259. The predicted molar refractivity (Wildman–Crippen MR) is 45.5 cm³/mol. The molecule has 0 atom stereocenters. The van der Waals surface area contributed by atoms with Crippen molar-refractivity contribution in [1.29, 1.82) is 5.26 Å². The van der Waals surface area contributed by atoms with Crippen molar-refractivity contribution in [2.24, 2.45) is 0 Å². The summed E-state index contributed by atoms with van der Waals surface area (Å²) in [6.07, 6.45) is 1.47. The highest BCUT2D eigenvalue weighted by molar-refractivity contribution is 5.43. The van der Waals surface area contributed by atoms with E-state index in [2.05, 4.69) is 4.98 Å². The predicted octanol–water partition coefficient (Wildman–Crippen LogP) is 0.246. The Morgan fingerprint density at radius 1 is 1.46 bits per heavy atom. The minimum absolute atomic E-state index is 0.210. The Labute approximate surface area is 76.1 Å². The first-order chi connectivity index (χ1) is 6.24. The van der Waals surface area contributed by atoms with Crippen molar-refractivity contribution in [3.8, 4) is 6.07 Å². The number of pyridine rings is 1. The minimum atomic E-state index is -0.248. The molecule has 0 spiro atoms. The Bertz CT molecular complexity index is 355. The molecule has 0 fully saturated rings. The van der Waals surface area contributed by atoms with Gasteiger partial charge in [0, 0.05) is 17.3 Å². The van der Waals surface area contributed by atoms with Gasteiger partial charge < -0.3 is 10.2 Å². The van der Waals surface area contributed by atoms with E-state index in [-0.39, 0.29) is 13.2 Å². The first kappa shape index (κ1) is 9.65. The van der Waals surface area contributed by atoms with E-state index in [0.29, 0.717) is 22.4 Å². The maximum atomic E-state index is 9.00. The topological polar surface area (TPSA) is 77.1 Å². The third-order valence-electron chi connectivity index (χ3n) is 1.91. The van der Waals surface area contributed by atoms with Crippen LogP contribution in [0.15, 0.2) is 6.20 Å². The normalized spacial score (nSPS) is 9.69. The molecule has 4 nitrogen and oxygen atoms in total. The minimum Gasteiger partial charge on any atom is -0.392 e. The van der Waals surface area contributed by atoms with Gasteiger partial charge in [-0.05, 0) is 6.92 Å². The lowest BCUT2D eigenvalue weighted by Crippen LogP contribution is -2.02. The molecule has 2 N–H and O–H groups in total. The van der Waals surface area contributed by atoms with E-state index in [9.17, 15) is 0 Å². The summed E-state index contributed by atoms with van der Waals surface area (Å²) in [6.45, 7) is 1.23. The van der Waals surface area contributed by atoms with E-state index in [4.69, 9.17) is 15.5 Å². The monoisotopic (exact) mass is 178 g/mol. The molecule has 0 bridgehead atoms. The third-order valence-corrected chi connectivity index (χ3v) is 1.91. The maximum absolute atomic E-state index is 9.00. The smallest absolute Gasteiger partial charge is 0.101 e. The molecular formula is C9H10N2O2. The summed E-state index contributed by atoms with van der Waals surface area (Å²) in [5.74, 6) is 0. The molecule has 1 aromatic heterocycles. The molecule has 0 saturated heterocycles. The van der Waals surface area contributed by atoms with Crippen molar-refractivity contribution < 1.29 is 10.2 Å². The number of hydrogen-bond acceptors (Lipinski definition) is 4. The zero-order valence-corrected chi connectivity index (χ0v) is 7.28. The van der Waals surface area contributed by atoms with E-state index in [1.807, 2.05) is 6.07 Å². The molecule has 0 unspecified atom stereocenters. The molecule has 1 heterocycles. The van der Waals surface area contributed by atoms with Gasteiger partial charge in [-0.1, -0.05) is 0 Å². The lowest BCUT2D eigenvalue weighted by atomic mass is 10.0. The van der Waals surface area contributed by atoms with E-state index in [1.54, 1.807) is 6.92 Å². The Morgan fingerprint density at radius 3 is 2.62 bits per heavy atom. The summed E-state index contributed by atoms with van der Waals surface area (Å²) in [4.78, 5) is 3.94. The van der Waals surface area contributed by atoms with Crippen LogP contribution in [-0.2, 0) is 13.2 Å². The molecule has 0 saturated carbocycles. The fourth-order valence-corrected chi connectivity index (χ4v) is 1.16. The molecule has 0 radical (unpaired) electrons. The standard InChI is InChI=1S/C9H10N2O2/c1-6-8(2-10)9(5-13)7(4-12)3-11-6/h3,12-13H,4-5H2,1H3. The Kier molecular flexibility index (Phi) is 2.96. The molecule has 68 valence electrons. The molecule has 13 heavy (non-hydrogen) atoms. The van der Waals surface area contributed by atoms with Crippen molar-refractivity contribution in [3.05, 3.63) is 28.6 Å². The van der Waals surface area contributed by atoms with Crippen LogP contribution in [0.25, 0.3) is 0 Å². The van der Waals surface area contributed by atoms with Crippen LogP contribution < -0.4 is 0 Å². The third kappa shape index (κ3) is 1.66. The highest BCUT2D eigenvalue weighted by atomic mass is 16.3. The number of aryl methyl sites for hydroxylation is 1. The number of nitrogens with zero attached hydrogens (tertiary/aromatic N) is 2. The molecule has 0 aromatic carbocycles. The largest absolute Gasteiger partial charge is 0.392 e. The number of rotatable bonds is 2. The SMILES string of the molecule is Cc1ncc(CO)c(CO)c1C#N. The van der Waals surface area contributed by atoms with Crippen LogP contribution in [-0.4, -0.2) is 15.2 Å². The number of aromatic nitrogens is 1. The molecule has 0 aliphatic rings. The van der Waals surface area contributed by atoms with Crippen LogP contribution in [0, 0.1) is 18.3 Å². The van der Waals surface area contributed by atoms with Crippen molar-refractivity contribution in [2.45, 2.75) is 20.1 Å². The summed E-state index contributed by atoms with van der Waals surface area (Å²) in [5.41, 5.74) is 1.90. The van der Waals surface area contributed by atoms with Crippen molar-refractivity contribution in [1.82, 2.24) is 4.98 Å². The van der Waals surface area contributed by atoms with Gasteiger partial charge in [0.25, 0.3) is 0 Å². The van der Waals surface area contributed by atoms with Crippen LogP contribution >= 0.6 is 0 Å². The average molecular weight is 178 g/mol. The second-order valence-corrected chi connectivity index (χ2v) is 2.65. The number of aliphatic hydroxyl groups excluding tert-OH is 2. The zero-order chi connectivity index (χ0) is 9.84. The van der Waals surface area contributed by atoms with Crippen molar-refractivity contribution in [2.75, 3.05) is 0 Å². The van der Waals surface area contributed by atoms with Crippen molar-refractivity contribution >= 4 is 0 Å². The summed E-state index contributed by atoms with van der Waals surface area (Å²) in [5, 5.41) is 26.7. The number of hydrogen-bond donors (Lipinski definition) is 2. The number of nitriles is 1. The van der Waals surface area contributed by atoms with Crippen LogP contribution in [0.5, 0.6) is 0 Å². The molecule has 4 heteroatoms. The van der Waals surface area contributed by atoms with E-state index >= 15 is 0 Å². The molecule has 0 aliphatic heterocycles. The van der Waals surface area contributed by atoms with E-state index in [0.717, 1.165) is 0 Å². The van der Waals surface area contributed by atoms with Crippen LogP contribution in [0.2, 0.25) is 0 Å². The van der Waals surface area contributed by atoms with Crippen LogP contribution in [0.4, 0.5) is 0 Å². The van der Waals surface area contributed by atoms with Gasteiger partial charge in [-0.15, -0.1) is 0 Å². The second-order valence-electron chi connectivity index (χ2n) is 2.65. The zero-order valence-electron chi connectivity index (χ0n) is 7.28. The molecule has 1 aromatic rings. The van der Waals surface area contributed by atoms with Crippen molar-refractivity contribution in [3.63, 3.8) is 0 Å². The summed E-state index contributed by atoms with van der Waals surface area (Å²) in [6, 6.07) is 1.96. The second kappa shape index (κ2) is 3.99. The highest BCUT2D eigenvalue weighted by Gasteiger charge is 2.10. The highest BCUT2D eigenvalue weighted by Crippen LogP contribution is 2.15. The summed E-state index contributed by atoms with van der Waals surface area (Å²) >= 11 is 0. The van der Waals surface area contributed by atoms with E-state index < -0.39 is 0 Å². The quantitative estimate of drug-likeness (QED) is 0.680. The first-order valence-electron chi connectivity index (χ1n) is 3.83. The lowest BCUT2D eigenvalue weighted by Gasteiger charge is -2.07. The van der Waals surface area contributed by atoms with Gasteiger partial charge in [0.05, 0.1) is 24.5 Å². The van der Waals surface area contributed by atoms with Crippen LogP contribution in [0.1, 0.15) is 22.4 Å². The maximum Gasteiger partial charge on any atom is 0.101 e. The number of aliphatic hydroxyl groups is 2. The van der Waals surface area contributed by atoms with Gasteiger partial charge in [0.15, 0.2) is 0 Å².